The second-order valence-corrected chi connectivity index (χ2v) is 5.49. The molecule has 0 radical (unpaired) electrons. The first-order valence-corrected chi connectivity index (χ1v) is 7.13. The molecule has 0 aromatic carbocycles. The number of hydrogen-bond acceptors (Lipinski definition) is 3. The summed E-state index contributed by atoms with van der Waals surface area (Å²) in [4.78, 5) is 17.1. The average Bonchev–Trinajstić information content (AvgIpc) is 2.91. The van der Waals surface area contributed by atoms with Crippen LogP contribution in [0.2, 0.25) is 5.15 Å². The summed E-state index contributed by atoms with van der Waals surface area (Å²) in [5.41, 5.74) is 0.319. The monoisotopic (exact) mass is 332 g/mol. The number of alkyl halides is 3. The van der Waals surface area contributed by atoms with Gasteiger partial charge in [-0.25, -0.2) is 9.50 Å². The fourth-order valence-electron chi connectivity index (χ4n) is 2.66. The van der Waals surface area contributed by atoms with Gasteiger partial charge in [0, 0.05) is 25.0 Å². The van der Waals surface area contributed by atoms with Gasteiger partial charge in [0.15, 0.2) is 10.8 Å². The van der Waals surface area contributed by atoms with Crippen LogP contribution in [0.3, 0.4) is 0 Å². The third kappa shape index (κ3) is 2.63. The van der Waals surface area contributed by atoms with E-state index >= 15 is 0 Å². The maximum atomic E-state index is 13.1. The van der Waals surface area contributed by atoms with Gasteiger partial charge in [-0.3, -0.25) is 4.79 Å². The fourth-order valence-corrected chi connectivity index (χ4v) is 2.85. The molecule has 0 N–H and O–H groups in total. The molecule has 1 fully saturated rings. The molecule has 1 aliphatic heterocycles. The van der Waals surface area contributed by atoms with Crippen molar-refractivity contribution in [1.82, 2.24) is 19.5 Å². The van der Waals surface area contributed by atoms with E-state index in [1.165, 1.54) is 23.0 Å². The highest BCUT2D eigenvalue weighted by Crippen LogP contribution is 2.32. The van der Waals surface area contributed by atoms with Crippen molar-refractivity contribution in [3.8, 4) is 0 Å². The van der Waals surface area contributed by atoms with Gasteiger partial charge < -0.3 is 4.90 Å². The Morgan fingerprint density at radius 1 is 1.36 bits per heavy atom. The molecule has 1 amide bonds. The Morgan fingerprint density at radius 3 is 2.82 bits per heavy atom. The van der Waals surface area contributed by atoms with Gasteiger partial charge in [0.25, 0.3) is 5.91 Å². The lowest BCUT2D eigenvalue weighted by Gasteiger charge is -2.36. The van der Waals surface area contributed by atoms with Crippen molar-refractivity contribution in [2.45, 2.75) is 31.5 Å². The Bertz CT molecular complexity index is 715. The van der Waals surface area contributed by atoms with Gasteiger partial charge in [0.05, 0.1) is 0 Å². The van der Waals surface area contributed by atoms with Gasteiger partial charge in [0.1, 0.15) is 11.6 Å². The number of halogens is 4. The van der Waals surface area contributed by atoms with Crippen LogP contribution in [-0.2, 0) is 0 Å². The summed E-state index contributed by atoms with van der Waals surface area (Å²) in [6, 6.07) is -0.396. The summed E-state index contributed by atoms with van der Waals surface area (Å²) < 4.78 is 40.6. The van der Waals surface area contributed by atoms with E-state index in [0.717, 1.165) is 4.90 Å². The molecule has 0 unspecified atom stereocenters. The Morgan fingerprint density at radius 2 is 2.14 bits per heavy atom. The number of likely N-dealkylation sites (tertiary alicyclic amines) is 1. The molecule has 0 bridgehead atoms. The second kappa shape index (κ2) is 5.42. The first-order valence-electron chi connectivity index (χ1n) is 6.75. The van der Waals surface area contributed by atoms with Crippen LogP contribution in [-0.4, -0.2) is 44.2 Å². The number of aromatic nitrogens is 3. The van der Waals surface area contributed by atoms with Crippen molar-refractivity contribution in [3.05, 3.63) is 29.3 Å². The number of rotatable bonds is 1. The third-order valence-electron chi connectivity index (χ3n) is 3.70. The third-order valence-corrected chi connectivity index (χ3v) is 3.99. The van der Waals surface area contributed by atoms with Crippen LogP contribution in [0.5, 0.6) is 0 Å². The zero-order valence-electron chi connectivity index (χ0n) is 11.3. The van der Waals surface area contributed by atoms with E-state index in [9.17, 15) is 18.0 Å². The largest absolute Gasteiger partial charge is 0.408 e. The Labute approximate surface area is 128 Å². The predicted octanol–water partition coefficient (Wildman–Crippen LogP) is 2.94. The molecule has 1 aliphatic rings. The number of carbonyl (C=O) groups excluding carboxylic acids is 1. The highest BCUT2D eigenvalue weighted by molar-refractivity contribution is 6.32. The molecule has 0 aliphatic carbocycles. The SMILES string of the molecule is O=C(c1cc2c(Cl)nccn2n1)N1CCCC[C@@H]1C(F)(F)F. The number of hydrogen-bond donors (Lipinski definition) is 0. The lowest BCUT2D eigenvalue weighted by molar-refractivity contribution is -0.183. The first-order chi connectivity index (χ1) is 10.4. The standard InChI is InChI=1S/C13H12ClF3N4O/c14-11-9-7-8(19-21(9)6-4-18-11)12(22)20-5-2-1-3-10(20)13(15,16)17/h4,6-7,10H,1-3,5H2/t10-/m1/s1. The molecule has 2 aromatic heterocycles. The molecule has 3 rings (SSSR count). The van der Waals surface area contributed by atoms with E-state index in [4.69, 9.17) is 11.6 Å². The summed E-state index contributed by atoms with van der Waals surface area (Å²) >= 11 is 5.89. The number of carbonyl (C=O) groups is 1. The van der Waals surface area contributed by atoms with E-state index in [1.807, 2.05) is 0 Å². The van der Waals surface area contributed by atoms with Crippen LogP contribution in [0.15, 0.2) is 18.5 Å². The Hall–Kier alpha value is -1.83. The van der Waals surface area contributed by atoms with E-state index in [2.05, 4.69) is 10.1 Å². The average molecular weight is 333 g/mol. The zero-order valence-corrected chi connectivity index (χ0v) is 12.1. The number of nitrogens with zero attached hydrogens (tertiary/aromatic N) is 4. The molecule has 0 saturated carbocycles. The zero-order chi connectivity index (χ0) is 15.9. The molecule has 1 atom stereocenters. The lowest BCUT2D eigenvalue weighted by Crippen LogP contribution is -2.51. The predicted molar refractivity (Wildman–Crippen MR) is 72.7 cm³/mol. The van der Waals surface area contributed by atoms with Crippen molar-refractivity contribution in [2.75, 3.05) is 6.54 Å². The van der Waals surface area contributed by atoms with Gasteiger partial charge in [-0.2, -0.15) is 18.3 Å². The van der Waals surface area contributed by atoms with Crippen LogP contribution >= 0.6 is 11.6 Å². The number of piperidine rings is 1. The Balaban J connectivity index is 1.95. The van der Waals surface area contributed by atoms with Crippen molar-refractivity contribution in [3.63, 3.8) is 0 Å². The van der Waals surface area contributed by atoms with Crippen molar-refractivity contribution < 1.29 is 18.0 Å². The van der Waals surface area contributed by atoms with E-state index in [0.29, 0.717) is 18.4 Å². The Kier molecular flexibility index (Phi) is 3.72. The molecule has 22 heavy (non-hydrogen) atoms. The fraction of sp³-hybridized carbons (Fsp3) is 0.462. The molecule has 5 nitrogen and oxygen atoms in total. The van der Waals surface area contributed by atoms with Gasteiger partial charge in [-0.15, -0.1) is 0 Å². The lowest BCUT2D eigenvalue weighted by atomic mass is 10.0. The summed E-state index contributed by atoms with van der Waals surface area (Å²) in [5.74, 6) is -0.734. The molecular weight excluding hydrogens is 321 g/mol. The van der Waals surface area contributed by atoms with Gasteiger partial charge in [-0.05, 0) is 19.3 Å². The molecule has 9 heteroatoms. The first kappa shape index (κ1) is 15.1. The van der Waals surface area contributed by atoms with E-state index < -0.39 is 18.1 Å². The smallest absolute Gasteiger partial charge is 0.325 e. The highest BCUT2D eigenvalue weighted by Gasteiger charge is 2.46. The van der Waals surface area contributed by atoms with Crippen LogP contribution < -0.4 is 0 Å². The van der Waals surface area contributed by atoms with E-state index in [1.54, 1.807) is 0 Å². The minimum absolute atomic E-state index is 0.0638. The van der Waals surface area contributed by atoms with Crippen LogP contribution in [0.25, 0.3) is 5.52 Å². The van der Waals surface area contributed by atoms with Crippen LogP contribution in [0, 0.1) is 0 Å². The number of fused-ring (bicyclic) bond motifs is 1. The van der Waals surface area contributed by atoms with Crippen LogP contribution in [0.4, 0.5) is 13.2 Å². The maximum Gasteiger partial charge on any atom is 0.408 e. The van der Waals surface area contributed by atoms with Gasteiger partial charge in [0.2, 0.25) is 0 Å². The summed E-state index contributed by atoms with van der Waals surface area (Å²) in [6.45, 7) is 0.0723. The topological polar surface area (TPSA) is 50.5 Å². The van der Waals surface area contributed by atoms with Gasteiger partial charge in [-0.1, -0.05) is 11.6 Å². The normalized spacial score (nSPS) is 19.6. The van der Waals surface area contributed by atoms with E-state index in [-0.39, 0.29) is 23.8 Å². The molecule has 3 heterocycles. The molecule has 0 spiro atoms. The van der Waals surface area contributed by atoms with Crippen molar-refractivity contribution >= 4 is 23.0 Å². The maximum absolute atomic E-state index is 13.1. The summed E-state index contributed by atoms with van der Waals surface area (Å²) in [6.07, 6.45) is -0.631. The quantitative estimate of drug-likeness (QED) is 0.806. The highest BCUT2D eigenvalue weighted by atomic mass is 35.5. The van der Waals surface area contributed by atoms with Gasteiger partial charge >= 0.3 is 6.18 Å². The minimum atomic E-state index is -4.44. The molecule has 118 valence electrons. The second-order valence-electron chi connectivity index (χ2n) is 5.13. The summed E-state index contributed by atoms with van der Waals surface area (Å²) in [7, 11) is 0. The number of amides is 1. The minimum Gasteiger partial charge on any atom is -0.325 e. The molecule has 2 aromatic rings. The van der Waals surface area contributed by atoms with Crippen molar-refractivity contribution in [1.29, 1.82) is 0 Å². The molecular formula is C13H12ClF3N4O. The summed E-state index contributed by atoms with van der Waals surface area (Å²) in [5, 5.41) is 4.14. The molecule has 1 saturated heterocycles. The van der Waals surface area contributed by atoms with Crippen molar-refractivity contribution in [2.24, 2.45) is 0 Å². The van der Waals surface area contributed by atoms with Crippen LogP contribution in [0.1, 0.15) is 29.8 Å².